The summed E-state index contributed by atoms with van der Waals surface area (Å²) in [7, 11) is 0. The van der Waals surface area contributed by atoms with Gasteiger partial charge in [0.05, 0.1) is 13.0 Å². The second-order valence-electron chi connectivity index (χ2n) is 4.13. The minimum atomic E-state index is -0.356. The predicted octanol–water partition coefficient (Wildman–Crippen LogP) is 2.50. The molecule has 0 heterocycles. The number of benzene rings is 1. The summed E-state index contributed by atoms with van der Waals surface area (Å²) in [6.45, 7) is 2.15. The van der Waals surface area contributed by atoms with Crippen LogP contribution in [-0.4, -0.2) is 18.5 Å². The maximum Gasteiger partial charge on any atom is 0.312 e. The first-order chi connectivity index (χ1) is 9.65. The van der Waals surface area contributed by atoms with Crippen molar-refractivity contribution in [1.82, 2.24) is 0 Å². The lowest BCUT2D eigenvalue weighted by molar-refractivity contribution is -0.143. The Balaban J connectivity index is 2.51. The Morgan fingerprint density at radius 2 is 2.05 bits per heavy atom. The molecule has 1 rings (SSSR count). The molecule has 20 heavy (non-hydrogen) atoms. The maximum atomic E-state index is 11.4. The molecule has 0 aliphatic rings. The van der Waals surface area contributed by atoms with E-state index in [1.54, 1.807) is 25.1 Å². The average Bonchev–Trinajstić information content (AvgIpc) is 2.44. The van der Waals surface area contributed by atoms with E-state index in [1.807, 2.05) is 6.07 Å². The van der Waals surface area contributed by atoms with Gasteiger partial charge in [-0.15, -0.1) is 12.3 Å². The Bertz CT molecular complexity index is 499. The van der Waals surface area contributed by atoms with Gasteiger partial charge in [0.2, 0.25) is 0 Å². The smallest absolute Gasteiger partial charge is 0.312 e. The third-order valence-corrected chi connectivity index (χ3v) is 2.53. The molecule has 0 amide bonds. The normalized spacial score (nSPS) is 9.60. The molecule has 0 unspecified atom stereocenters. The van der Waals surface area contributed by atoms with Gasteiger partial charge >= 0.3 is 11.9 Å². The van der Waals surface area contributed by atoms with E-state index >= 15 is 0 Å². The number of ether oxygens (including phenoxy) is 2. The van der Waals surface area contributed by atoms with Crippen LogP contribution in [0.15, 0.2) is 24.3 Å². The van der Waals surface area contributed by atoms with Crippen LogP contribution in [0.3, 0.4) is 0 Å². The molecule has 0 saturated heterocycles. The van der Waals surface area contributed by atoms with Crippen LogP contribution in [0.25, 0.3) is 0 Å². The number of carbonyl (C=O) groups excluding carboxylic acids is 2. The Morgan fingerprint density at radius 1 is 1.25 bits per heavy atom. The van der Waals surface area contributed by atoms with Crippen molar-refractivity contribution in [2.75, 3.05) is 6.61 Å². The molecule has 4 nitrogen and oxygen atoms in total. The predicted molar refractivity (Wildman–Crippen MR) is 75.1 cm³/mol. The van der Waals surface area contributed by atoms with Crippen LogP contribution in [0, 0.1) is 12.3 Å². The fourth-order valence-corrected chi connectivity index (χ4v) is 1.60. The quantitative estimate of drug-likeness (QED) is 0.435. The third-order valence-electron chi connectivity index (χ3n) is 2.53. The molecule has 0 saturated carbocycles. The molecular formula is C16H18O4. The zero-order chi connectivity index (χ0) is 14.8. The highest BCUT2D eigenvalue weighted by molar-refractivity contribution is 5.72. The van der Waals surface area contributed by atoms with E-state index in [1.165, 1.54) is 0 Å². The monoisotopic (exact) mass is 274 g/mol. The second-order valence-corrected chi connectivity index (χ2v) is 4.13. The van der Waals surface area contributed by atoms with E-state index in [9.17, 15) is 9.59 Å². The maximum absolute atomic E-state index is 11.4. The second kappa shape index (κ2) is 8.76. The summed E-state index contributed by atoms with van der Waals surface area (Å²) < 4.78 is 10.0. The van der Waals surface area contributed by atoms with Crippen LogP contribution in [0.5, 0.6) is 5.75 Å². The van der Waals surface area contributed by atoms with Crippen LogP contribution < -0.4 is 4.74 Å². The van der Waals surface area contributed by atoms with Crippen LogP contribution in [0.2, 0.25) is 0 Å². The first-order valence-corrected chi connectivity index (χ1v) is 6.54. The van der Waals surface area contributed by atoms with Gasteiger partial charge in [-0.3, -0.25) is 9.59 Å². The summed E-state index contributed by atoms with van der Waals surface area (Å²) in [5, 5.41) is 0. The molecule has 1 aromatic carbocycles. The fraction of sp³-hybridized carbons (Fsp3) is 0.375. The number of carbonyl (C=O) groups is 2. The van der Waals surface area contributed by atoms with Gasteiger partial charge in [-0.05, 0) is 31.0 Å². The first-order valence-electron chi connectivity index (χ1n) is 6.54. The molecule has 0 atom stereocenters. The van der Waals surface area contributed by atoms with Gasteiger partial charge in [0.25, 0.3) is 0 Å². The lowest BCUT2D eigenvalue weighted by Crippen LogP contribution is -2.08. The third kappa shape index (κ3) is 6.05. The largest absolute Gasteiger partial charge is 0.466 e. The van der Waals surface area contributed by atoms with E-state index < -0.39 is 0 Å². The van der Waals surface area contributed by atoms with Gasteiger partial charge in [-0.1, -0.05) is 12.1 Å². The number of hydrogen-bond donors (Lipinski definition) is 0. The van der Waals surface area contributed by atoms with Crippen molar-refractivity contribution in [2.45, 2.75) is 32.6 Å². The zero-order valence-electron chi connectivity index (χ0n) is 11.6. The van der Waals surface area contributed by atoms with Crippen molar-refractivity contribution in [3.8, 4) is 18.1 Å². The molecule has 0 N–H and O–H groups in total. The van der Waals surface area contributed by atoms with Crippen molar-refractivity contribution in [1.29, 1.82) is 0 Å². The van der Waals surface area contributed by atoms with Gasteiger partial charge in [-0.2, -0.15) is 0 Å². The zero-order valence-corrected chi connectivity index (χ0v) is 11.6. The van der Waals surface area contributed by atoms with Crippen molar-refractivity contribution in [3.05, 3.63) is 29.8 Å². The van der Waals surface area contributed by atoms with Crippen LogP contribution >= 0.6 is 0 Å². The minimum Gasteiger partial charge on any atom is -0.466 e. The molecule has 106 valence electrons. The molecule has 1 aromatic rings. The van der Waals surface area contributed by atoms with E-state index in [-0.39, 0.29) is 18.4 Å². The molecule has 0 aliphatic carbocycles. The number of hydrogen-bond acceptors (Lipinski definition) is 4. The lowest BCUT2D eigenvalue weighted by Gasteiger charge is -2.06. The van der Waals surface area contributed by atoms with E-state index in [0.717, 1.165) is 5.56 Å². The minimum absolute atomic E-state index is 0.198. The molecule has 0 fully saturated rings. The standard InChI is InChI=1S/C16H18O4/c1-3-5-9-16(18)20-14-8-6-7-13(12-14)10-11-15(17)19-4-2/h1,6-8,12H,4-5,9-11H2,2H3. The van der Waals surface area contributed by atoms with Gasteiger partial charge in [0.1, 0.15) is 5.75 Å². The highest BCUT2D eigenvalue weighted by Crippen LogP contribution is 2.15. The number of rotatable bonds is 7. The van der Waals surface area contributed by atoms with Crippen LogP contribution in [0.1, 0.15) is 31.7 Å². The molecule has 0 radical (unpaired) electrons. The van der Waals surface area contributed by atoms with E-state index in [0.29, 0.717) is 31.6 Å². The Labute approximate surface area is 119 Å². The molecule has 0 aliphatic heterocycles. The highest BCUT2D eigenvalue weighted by atomic mass is 16.5. The highest BCUT2D eigenvalue weighted by Gasteiger charge is 2.06. The summed E-state index contributed by atoms with van der Waals surface area (Å²) in [6.07, 6.45) is 6.50. The van der Waals surface area contributed by atoms with Crippen molar-refractivity contribution >= 4 is 11.9 Å². The average molecular weight is 274 g/mol. The van der Waals surface area contributed by atoms with E-state index in [4.69, 9.17) is 15.9 Å². The number of terminal acetylenes is 1. The fourth-order valence-electron chi connectivity index (χ4n) is 1.60. The van der Waals surface area contributed by atoms with Gasteiger partial charge in [-0.25, -0.2) is 0 Å². The summed E-state index contributed by atoms with van der Waals surface area (Å²) in [5.74, 6) is 2.27. The van der Waals surface area contributed by atoms with Crippen LogP contribution in [0.4, 0.5) is 0 Å². The molecule has 0 aromatic heterocycles. The molecule has 0 spiro atoms. The SMILES string of the molecule is C#CCCC(=O)Oc1cccc(CCC(=O)OCC)c1. The summed E-state index contributed by atoms with van der Waals surface area (Å²) >= 11 is 0. The van der Waals surface area contributed by atoms with Crippen molar-refractivity contribution in [2.24, 2.45) is 0 Å². The van der Waals surface area contributed by atoms with Crippen molar-refractivity contribution < 1.29 is 19.1 Å². The number of esters is 2. The molecular weight excluding hydrogens is 256 g/mol. The summed E-state index contributed by atoms with van der Waals surface area (Å²) in [5.41, 5.74) is 0.917. The Hall–Kier alpha value is -2.28. The molecule has 4 heteroatoms. The van der Waals surface area contributed by atoms with Crippen molar-refractivity contribution in [3.63, 3.8) is 0 Å². The summed E-state index contributed by atoms with van der Waals surface area (Å²) in [6, 6.07) is 7.09. The first kappa shape index (κ1) is 15.8. The Kier molecular flexibility index (Phi) is 6.91. The summed E-state index contributed by atoms with van der Waals surface area (Å²) in [4.78, 5) is 22.7. The van der Waals surface area contributed by atoms with Gasteiger partial charge in [0.15, 0.2) is 0 Å². The Morgan fingerprint density at radius 3 is 2.75 bits per heavy atom. The van der Waals surface area contributed by atoms with Gasteiger partial charge < -0.3 is 9.47 Å². The topological polar surface area (TPSA) is 52.6 Å². The lowest BCUT2D eigenvalue weighted by atomic mass is 10.1. The number of aryl methyl sites for hydroxylation is 1. The molecule has 0 bridgehead atoms. The van der Waals surface area contributed by atoms with Gasteiger partial charge in [0, 0.05) is 12.8 Å². The van der Waals surface area contributed by atoms with E-state index in [2.05, 4.69) is 5.92 Å². The van der Waals surface area contributed by atoms with Crippen LogP contribution in [-0.2, 0) is 20.7 Å².